The van der Waals surface area contributed by atoms with Crippen molar-refractivity contribution in [2.75, 3.05) is 0 Å². The smallest absolute Gasteiger partial charge is 0.329 e. The molecule has 112 valence electrons. The monoisotopic (exact) mass is 296 g/mol. The molecule has 0 spiro atoms. The van der Waals surface area contributed by atoms with Crippen LogP contribution in [0, 0.1) is 6.92 Å². The van der Waals surface area contributed by atoms with Crippen molar-refractivity contribution < 1.29 is 9.90 Å². The number of rotatable bonds is 3. The number of aryl methyl sites for hydroxylation is 1. The molecule has 6 nitrogen and oxygen atoms in total. The SMILES string of the molecule is Cc1cnc2c(c1)nc(-c1cccnc1)n2C(C)(C)C(=O)O. The predicted molar refractivity (Wildman–Crippen MR) is 82.5 cm³/mol. The number of aromatic nitrogens is 4. The van der Waals surface area contributed by atoms with Gasteiger partial charge in [0.25, 0.3) is 0 Å². The molecule has 0 saturated heterocycles. The maximum absolute atomic E-state index is 11.7. The Bertz CT molecular complexity index is 853. The Morgan fingerprint density at radius 3 is 2.73 bits per heavy atom. The van der Waals surface area contributed by atoms with Gasteiger partial charge in [-0.05, 0) is 44.5 Å². The molecule has 22 heavy (non-hydrogen) atoms. The highest BCUT2D eigenvalue weighted by atomic mass is 16.4. The lowest BCUT2D eigenvalue weighted by Crippen LogP contribution is -2.36. The van der Waals surface area contributed by atoms with Gasteiger partial charge in [0, 0.05) is 24.2 Å². The number of hydrogen-bond acceptors (Lipinski definition) is 4. The highest BCUT2D eigenvalue weighted by Crippen LogP contribution is 2.30. The number of carboxylic acids is 1. The molecule has 0 atom stereocenters. The molecule has 3 aromatic heterocycles. The number of pyridine rings is 2. The average Bonchev–Trinajstić information content (AvgIpc) is 2.87. The first-order chi connectivity index (χ1) is 10.4. The van der Waals surface area contributed by atoms with Crippen molar-refractivity contribution in [2.45, 2.75) is 26.3 Å². The van der Waals surface area contributed by atoms with Crippen LogP contribution in [0.3, 0.4) is 0 Å². The minimum Gasteiger partial charge on any atom is -0.480 e. The van der Waals surface area contributed by atoms with Crippen LogP contribution in [0.4, 0.5) is 0 Å². The van der Waals surface area contributed by atoms with Crippen molar-refractivity contribution in [3.8, 4) is 11.4 Å². The van der Waals surface area contributed by atoms with Crippen molar-refractivity contribution >= 4 is 17.1 Å². The first-order valence-electron chi connectivity index (χ1n) is 6.90. The van der Waals surface area contributed by atoms with Crippen LogP contribution in [-0.4, -0.2) is 30.6 Å². The van der Waals surface area contributed by atoms with E-state index in [0.717, 1.165) is 11.1 Å². The Morgan fingerprint density at radius 1 is 1.32 bits per heavy atom. The zero-order valence-corrected chi connectivity index (χ0v) is 12.6. The zero-order valence-electron chi connectivity index (χ0n) is 12.6. The predicted octanol–water partition coefficient (Wildman–Crippen LogP) is 2.62. The molecular weight excluding hydrogens is 280 g/mol. The van der Waals surface area contributed by atoms with Crippen LogP contribution in [0.25, 0.3) is 22.6 Å². The Hall–Kier alpha value is -2.76. The van der Waals surface area contributed by atoms with Gasteiger partial charge in [0.15, 0.2) is 5.65 Å². The molecule has 0 fully saturated rings. The Balaban J connectivity index is 2.39. The standard InChI is InChI=1S/C16H16N4O2/c1-10-7-12-14(18-8-10)20(16(2,3)15(21)22)13(19-12)11-5-4-6-17-9-11/h4-9H,1-3H3,(H,21,22). The molecule has 0 saturated carbocycles. The summed E-state index contributed by atoms with van der Waals surface area (Å²) in [6.45, 7) is 5.20. The second-order valence-electron chi connectivity index (χ2n) is 5.73. The van der Waals surface area contributed by atoms with Crippen molar-refractivity contribution in [3.05, 3.63) is 42.4 Å². The third kappa shape index (κ3) is 2.13. The fourth-order valence-electron chi connectivity index (χ4n) is 2.38. The number of hydrogen-bond donors (Lipinski definition) is 1. The van der Waals surface area contributed by atoms with Gasteiger partial charge in [0.1, 0.15) is 16.9 Å². The average molecular weight is 296 g/mol. The summed E-state index contributed by atoms with van der Waals surface area (Å²) in [7, 11) is 0. The molecule has 0 bridgehead atoms. The van der Waals surface area contributed by atoms with E-state index in [1.54, 1.807) is 43.1 Å². The van der Waals surface area contributed by atoms with Crippen molar-refractivity contribution in [1.82, 2.24) is 19.5 Å². The molecule has 0 unspecified atom stereocenters. The van der Waals surface area contributed by atoms with E-state index in [4.69, 9.17) is 0 Å². The molecule has 0 aliphatic rings. The second kappa shape index (κ2) is 4.91. The molecule has 0 amide bonds. The van der Waals surface area contributed by atoms with E-state index in [2.05, 4.69) is 15.0 Å². The maximum atomic E-state index is 11.7. The maximum Gasteiger partial charge on any atom is 0.329 e. The molecule has 3 aromatic rings. The number of aliphatic carboxylic acids is 1. The summed E-state index contributed by atoms with van der Waals surface area (Å²) in [6, 6.07) is 5.55. The summed E-state index contributed by atoms with van der Waals surface area (Å²) >= 11 is 0. The lowest BCUT2D eigenvalue weighted by molar-refractivity contribution is -0.145. The number of nitrogens with zero attached hydrogens (tertiary/aromatic N) is 4. The molecule has 3 rings (SSSR count). The topological polar surface area (TPSA) is 80.9 Å². The van der Waals surface area contributed by atoms with Crippen molar-refractivity contribution in [2.24, 2.45) is 0 Å². The van der Waals surface area contributed by atoms with E-state index >= 15 is 0 Å². The summed E-state index contributed by atoms with van der Waals surface area (Å²) in [5.74, 6) is -0.395. The molecule has 0 radical (unpaired) electrons. The van der Waals surface area contributed by atoms with Gasteiger partial charge in [-0.25, -0.2) is 14.8 Å². The van der Waals surface area contributed by atoms with Gasteiger partial charge in [-0.3, -0.25) is 9.55 Å². The van der Waals surface area contributed by atoms with E-state index in [-0.39, 0.29) is 0 Å². The quantitative estimate of drug-likeness (QED) is 0.803. The Labute approximate surface area is 127 Å². The summed E-state index contributed by atoms with van der Waals surface area (Å²) in [4.78, 5) is 24.8. The molecule has 3 heterocycles. The van der Waals surface area contributed by atoms with Gasteiger partial charge in [-0.2, -0.15) is 0 Å². The zero-order chi connectivity index (χ0) is 15.9. The number of carbonyl (C=O) groups is 1. The minimum atomic E-state index is -1.18. The number of imidazole rings is 1. The van der Waals surface area contributed by atoms with Gasteiger partial charge in [0.2, 0.25) is 0 Å². The molecule has 0 aliphatic carbocycles. The van der Waals surface area contributed by atoms with Crippen LogP contribution in [-0.2, 0) is 10.3 Å². The Kier molecular flexibility index (Phi) is 3.16. The van der Waals surface area contributed by atoms with Gasteiger partial charge in [-0.15, -0.1) is 0 Å². The highest BCUT2D eigenvalue weighted by Gasteiger charge is 2.34. The lowest BCUT2D eigenvalue weighted by atomic mass is 10.0. The molecule has 6 heteroatoms. The fraction of sp³-hybridized carbons (Fsp3) is 0.250. The van der Waals surface area contributed by atoms with Crippen LogP contribution in [0.2, 0.25) is 0 Å². The summed E-state index contributed by atoms with van der Waals surface area (Å²) in [6.07, 6.45) is 5.05. The Morgan fingerprint density at radius 2 is 2.09 bits per heavy atom. The van der Waals surface area contributed by atoms with E-state index < -0.39 is 11.5 Å². The summed E-state index contributed by atoms with van der Waals surface area (Å²) in [5.41, 5.74) is 1.78. The van der Waals surface area contributed by atoms with E-state index in [1.165, 1.54) is 0 Å². The van der Waals surface area contributed by atoms with Crippen LogP contribution in [0.15, 0.2) is 36.8 Å². The lowest BCUT2D eigenvalue weighted by Gasteiger charge is -2.24. The van der Waals surface area contributed by atoms with E-state index in [0.29, 0.717) is 17.0 Å². The molecule has 1 N–H and O–H groups in total. The number of fused-ring (bicyclic) bond motifs is 1. The minimum absolute atomic E-state index is 0.550. The molecule has 0 aromatic carbocycles. The molecular formula is C16H16N4O2. The van der Waals surface area contributed by atoms with Crippen LogP contribution >= 0.6 is 0 Å². The van der Waals surface area contributed by atoms with Crippen LogP contribution < -0.4 is 0 Å². The van der Waals surface area contributed by atoms with Gasteiger partial charge in [0.05, 0.1) is 0 Å². The van der Waals surface area contributed by atoms with Gasteiger partial charge >= 0.3 is 5.97 Å². The first-order valence-corrected chi connectivity index (χ1v) is 6.90. The number of carboxylic acid groups (broad SMARTS) is 1. The normalized spacial score (nSPS) is 11.8. The van der Waals surface area contributed by atoms with Gasteiger partial charge in [-0.1, -0.05) is 0 Å². The third-order valence-electron chi connectivity index (χ3n) is 3.64. The van der Waals surface area contributed by atoms with Crippen molar-refractivity contribution in [3.63, 3.8) is 0 Å². The van der Waals surface area contributed by atoms with Gasteiger partial charge < -0.3 is 5.11 Å². The first kappa shape index (κ1) is 14.2. The highest BCUT2D eigenvalue weighted by molar-refractivity contribution is 5.84. The largest absolute Gasteiger partial charge is 0.480 e. The van der Waals surface area contributed by atoms with Crippen LogP contribution in [0.5, 0.6) is 0 Å². The van der Waals surface area contributed by atoms with E-state index in [9.17, 15) is 9.90 Å². The third-order valence-corrected chi connectivity index (χ3v) is 3.64. The fourth-order valence-corrected chi connectivity index (χ4v) is 2.38. The van der Waals surface area contributed by atoms with Crippen molar-refractivity contribution in [1.29, 1.82) is 0 Å². The summed E-state index contributed by atoms with van der Waals surface area (Å²) in [5, 5.41) is 9.61. The van der Waals surface area contributed by atoms with Crippen LogP contribution in [0.1, 0.15) is 19.4 Å². The van der Waals surface area contributed by atoms with E-state index in [1.807, 2.05) is 19.1 Å². The summed E-state index contributed by atoms with van der Waals surface area (Å²) < 4.78 is 1.65. The second-order valence-corrected chi connectivity index (χ2v) is 5.73. The molecule has 0 aliphatic heterocycles.